The van der Waals surface area contributed by atoms with Crippen LogP contribution in [-0.4, -0.2) is 0 Å². The molecule has 0 fully saturated rings. The summed E-state index contributed by atoms with van der Waals surface area (Å²) in [6.45, 7) is 0. The van der Waals surface area contributed by atoms with Crippen LogP contribution >= 0.6 is 0 Å². The highest BCUT2D eigenvalue weighted by atomic mass is 15.1. The lowest BCUT2D eigenvalue weighted by Crippen LogP contribution is -2.09. The molecular weight excluding hydrogens is 687 g/mol. The molecule has 0 atom stereocenters. The van der Waals surface area contributed by atoms with E-state index in [0.29, 0.717) is 11.1 Å². The van der Waals surface area contributed by atoms with Crippen molar-refractivity contribution in [2.45, 2.75) is 0 Å². The topological polar surface area (TPSA) is 3.24 Å². The Hall–Kier alpha value is -7.48. The molecule has 1 nitrogen and oxygen atoms in total. The monoisotopic (exact) mass is 727 g/mol. The molecule has 268 valence electrons. The Bertz CT molecular complexity index is 3040. The number of anilines is 3. The third-order valence-electron chi connectivity index (χ3n) is 10.9. The predicted molar refractivity (Wildman–Crippen MR) is 245 cm³/mol. The van der Waals surface area contributed by atoms with Gasteiger partial charge in [-0.3, -0.25) is 0 Å². The van der Waals surface area contributed by atoms with Crippen LogP contribution in [0.3, 0.4) is 0 Å². The van der Waals surface area contributed by atoms with Gasteiger partial charge < -0.3 is 4.90 Å². The summed E-state index contributed by atoms with van der Waals surface area (Å²) in [7, 11) is 0. The van der Waals surface area contributed by atoms with E-state index in [1.54, 1.807) is 0 Å². The van der Waals surface area contributed by atoms with Crippen LogP contribution in [0.1, 0.15) is 13.9 Å². The number of fused-ring (bicyclic) bond motifs is 3. The average molecular weight is 728 g/mol. The lowest BCUT2D eigenvalue weighted by molar-refractivity contribution is 1.28. The minimum absolute atomic E-state index is 0.182. The average Bonchev–Trinajstić information content (AvgIpc) is 3.31. The van der Waals surface area contributed by atoms with E-state index in [2.05, 4.69) is 157 Å². The van der Waals surface area contributed by atoms with Crippen LogP contribution in [0.5, 0.6) is 0 Å². The first-order valence-corrected chi connectivity index (χ1v) is 19.4. The zero-order chi connectivity index (χ0) is 39.7. The number of hydrogen-bond donors (Lipinski definition) is 0. The largest absolute Gasteiger partial charge is 0.311 e. The molecule has 0 aliphatic carbocycles. The summed E-state index contributed by atoms with van der Waals surface area (Å²) in [5.74, 6) is 0. The molecule has 1 heteroatoms. The molecule has 10 rings (SSSR count). The summed E-state index contributed by atoms with van der Waals surface area (Å²) in [6.07, 6.45) is 0. The molecule has 57 heavy (non-hydrogen) atoms. The van der Waals surface area contributed by atoms with Crippen LogP contribution in [0.25, 0.3) is 77.8 Å². The van der Waals surface area contributed by atoms with E-state index >= 15 is 0 Å². The van der Waals surface area contributed by atoms with Crippen LogP contribution in [0.4, 0.5) is 17.1 Å². The Morgan fingerprint density at radius 3 is 1.16 bits per heavy atom. The summed E-state index contributed by atoms with van der Waals surface area (Å²) in [4.78, 5) is 2.20. The molecule has 0 N–H and O–H groups in total. The SMILES string of the molecule is [2H]/C(=C(/[2H])c1ccc(N(c2ccccc2)c2ccccc2)cc1)c1ccc(-c2c3ccccc3c(-c3ccc(-c4ccccc4)c4ccccc34)c3ccccc23)cc1. The second kappa shape index (κ2) is 15.0. The minimum Gasteiger partial charge on any atom is -0.311 e. The lowest BCUT2D eigenvalue weighted by atomic mass is 9.83. The van der Waals surface area contributed by atoms with E-state index in [-0.39, 0.29) is 12.1 Å². The Morgan fingerprint density at radius 2 is 0.649 bits per heavy atom. The number of hydrogen-bond acceptors (Lipinski definition) is 1. The molecule has 0 saturated carbocycles. The van der Waals surface area contributed by atoms with Gasteiger partial charge in [-0.2, -0.15) is 0 Å². The zero-order valence-corrected chi connectivity index (χ0v) is 31.3. The van der Waals surface area contributed by atoms with Gasteiger partial charge in [-0.1, -0.05) is 200 Å². The lowest BCUT2D eigenvalue weighted by Gasteiger charge is -2.25. The van der Waals surface area contributed by atoms with Gasteiger partial charge in [0.05, 0.1) is 2.74 Å². The maximum absolute atomic E-state index is 9.14. The normalized spacial score (nSPS) is 12.3. The summed E-state index contributed by atoms with van der Waals surface area (Å²) in [5.41, 5.74) is 11.6. The number of nitrogens with zero attached hydrogens (tertiary/aromatic N) is 1. The Morgan fingerprint density at radius 1 is 0.281 bits per heavy atom. The number of rotatable bonds is 8. The van der Waals surface area contributed by atoms with Gasteiger partial charge in [0, 0.05) is 17.1 Å². The molecule has 0 unspecified atom stereocenters. The van der Waals surface area contributed by atoms with Crippen molar-refractivity contribution in [3.05, 3.63) is 236 Å². The van der Waals surface area contributed by atoms with Gasteiger partial charge in [-0.05, 0) is 113 Å². The van der Waals surface area contributed by atoms with Crippen LogP contribution < -0.4 is 4.90 Å². The van der Waals surface area contributed by atoms with Crippen molar-refractivity contribution in [1.29, 1.82) is 0 Å². The summed E-state index contributed by atoms with van der Waals surface area (Å²) < 4.78 is 18.2. The molecule has 0 heterocycles. The smallest absolute Gasteiger partial charge is 0.0629 e. The number of benzene rings is 10. The van der Waals surface area contributed by atoms with Crippen LogP contribution in [0.15, 0.2) is 224 Å². The van der Waals surface area contributed by atoms with E-state index in [1.165, 1.54) is 54.6 Å². The van der Waals surface area contributed by atoms with Gasteiger partial charge in [0.2, 0.25) is 0 Å². The Balaban J connectivity index is 1.03. The first-order valence-electron chi connectivity index (χ1n) is 20.4. The van der Waals surface area contributed by atoms with Crippen LogP contribution in [0, 0.1) is 0 Å². The van der Waals surface area contributed by atoms with Gasteiger partial charge >= 0.3 is 0 Å². The standard InChI is InChI=1S/C56H39N/c1-4-16-42(17-5-1)47-38-39-54(49-23-11-10-22-48(47)49)56-52-26-14-12-24-50(52)55(51-25-13-15-27-53(51)56)43-34-30-40(31-35-43)28-29-41-32-36-46(37-33-41)57(44-18-6-2-7-19-44)45-20-8-3-9-21-45/h1-39H/b29-28+/i28D,29D. The van der Waals surface area contributed by atoms with Crippen molar-refractivity contribution < 1.29 is 2.74 Å². The first-order chi connectivity index (χ1) is 29.1. The highest BCUT2D eigenvalue weighted by Gasteiger charge is 2.19. The second-order valence-electron chi connectivity index (χ2n) is 14.3. The van der Waals surface area contributed by atoms with Crippen molar-refractivity contribution >= 4 is 61.5 Å². The van der Waals surface area contributed by atoms with Crippen molar-refractivity contribution in [3.8, 4) is 33.4 Å². The maximum atomic E-state index is 9.14. The van der Waals surface area contributed by atoms with E-state index in [1.807, 2.05) is 72.8 Å². The summed E-state index contributed by atoms with van der Waals surface area (Å²) in [6, 6.07) is 78.5. The van der Waals surface area contributed by atoms with Crippen molar-refractivity contribution in [3.63, 3.8) is 0 Å². The van der Waals surface area contributed by atoms with Crippen molar-refractivity contribution in [2.75, 3.05) is 4.90 Å². The van der Waals surface area contributed by atoms with Gasteiger partial charge in [0.15, 0.2) is 0 Å². The van der Waals surface area contributed by atoms with Crippen molar-refractivity contribution in [1.82, 2.24) is 0 Å². The molecule has 10 aromatic rings. The van der Waals surface area contributed by atoms with E-state index < -0.39 is 0 Å². The van der Waals surface area contributed by atoms with E-state index in [0.717, 1.165) is 28.2 Å². The molecule has 0 bridgehead atoms. The molecule has 0 radical (unpaired) electrons. The highest BCUT2D eigenvalue weighted by Crippen LogP contribution is 2.46. The maximum Gasteiger partial charge on any atom is 0.0629 e. The van der Waals surface area contributed by atoms with E-state index in [4.69, 9.17) is 2.74 Å². The molecule has 0 aromatic heterocycles. The van der Waals surface area contributed by atoms with Gasteiger partial charge in [-0.15, -0.1) is 0 Å². The van der Waals surface area contributed by atoms with Gasteiger partial charge in [0.25, 0.3) is 0 Å². The fraction of sp³-hybridized carbons (Fsp3) is 0. The van der Waals surface area contributed by atoms with Gasteiger partial charge in [0.1, 0.15) is 0 Å². The molecular formula is C56H39N. The number of para-hydroxylation sites is 2. The third kappa shape index (κ3) is 6.46. The quantitative estimate of drug-likeness (QED) is 0.111. The minimum atomic E-state index is 0.182. The molecule has 0 saturated heterocycles. The first kappa shape index (κ1) is 31.8. The fourth-order valence-corrected chi connectivity index (χ4v) is 8.28. The third-order valence-corrected chi connectivity index (χ3v) is 10.9. The van der Waals surface area contributed by atoms with Crippen molar-refractivity contribution in [2.24, 2.45) is 0 Å². The summed E-state index contributed by atoms with van der Waals surface area (Å²) in [5, 5.41) is 7.19. The van der Waals surface area contributed by atoms with Gasteiger partial charge in [-0.25, -0.2) is 0 Å². The Kier molecular flexibility index (Phi) is 8.37. The van der Waals surface area contributed by atoms with E-state index in [9.17, 15) is 0 Å². The van der Waals surface area contributed by atoms with Crippen LogP contribution in [0.2, 0.25) is 0 Å². The Labute approximate surface area is 336 Å². The highest BCUT2D eigenvalue weighted by molar-refractivity contribution is 6.24. The molecule has 0 aliphatic heterocycles. The molecule has 0 amide bonds. The molecule has 0 spiro atoms. The second-order valence-corrected chi connectivity index (χ2v) is 14.3. The predicted octanol–water partition coefficient (Wildman–Crippen LogP) is 15.8. The fourth-order valence-electron chi connectivity index (χ4n) is 8.28. The molecule has 0 aliphatic rings. The molecule has 10 aromatic carbocycles. The zero-order valence-electron chi connectivity index (χ0n) is 33.3. The van der Waals surface area contributed by atoms with Crippen LogP contribution in [-0.2, 0) is 0 Å². The summed E-state index contributed by atoms with van der Waals surface area (Å²) >= 11 is 0.